The van der Waals surface area contributed by atoms with E-state index in [4.69, 9.17) is 0 Å². The van der Waals surface area contributed by atoms with E-state index in [0.717, 1.165) is 11.1 Å². The smallest absolute Gasteiger partial charge is 0.318 e. The van der Waals surface area contributed by atoms with Crippen LogP contribution in [0.1, 0.15) is 39.8 Å². The monoisotopic (exact) mass is 441 g/mol. The van der Waals surface area contributed by atoms with Crippen molar-refractivity contribution in [2.45, 2.75) is 39.3 Å². The highest BCUT2D eigenvalue weighted by Crippen LogP contribution is 2.32. The van der Waals surface area contributed by atoms with Gasteiger partial charge in [0.2, 0.25) is 0 Å². The fourth-order valence-corrected chi connectivity index (χ4v) is 4.88. The maximum absolute atomic E-state index is 13.2. The Hall–Kier alpha value is -3.07. The van der Waals surface area contributed by atoms with Crippen LogP contribution < -0.4 is 4.90 Å². The first-order valence-electron chi connectivity index (χ1n) is 10.1. The molecule has 0 N–H and O–H groups in total. The number of hydrogen-bond donors (Lipinski definition) is 0. The summed E-state index contributed by atoms with van der Waals surface area (Å²) in [6, 6.07) is 5.93. The summed E-state index contributed by atoms with van der Waals surface area (Å²) in [5.41, 5.74) is 2.52. The van der Waals surface area contributed by atoms with E-state index in [1.807, 2.05) is 20.2 Å². The van der Waals surface area contributed by atoms with Crippen LogP contribution in [0.4, 0.5) is 14.3 Å². The normalized spacial score (nSPS) is 16.4. The number of ketones is 1. The van der Waals surface area contributed by atoms with Crippen LogP contribution in [0.25, 0.3) is 0 Å². The Morgan fingerprint density at radius 2 is 2.00 bits per heavy atom. The third-order valence-electron chi connectivity index (χ3n) is 5.33. The first-order valence-corrected chi connectivity index (χ1v) is 10.9. The first kappa shape index (κ1) is 21.2. The molecular formula is C22H24FN5O2S. The second-order valence-electron chi connectivity index (χ2n) is 7.86. The molecule has 3 aromatic rings. The van der Waals surface area contributed by atoms with E-state index in [9.17, 15) is 14.0 Å². The van der Waals surface area contributed by atoms with E-state index >= 15 is 0 Å². The molecule has 9 heteroatoms. The fourth-order valence-electron chi connectivity index (χ4n) is 3.75. The summed E-state index contributed by atoms with van der Waals surface area (Å²) in [7, 11) is 1.85. The Morgan fingerprint density at radius 1 is 1.26 bits per heavy atom. The van der Waals surface area contributed by atoms with E-state index in [2.05, 4.69) is 10.1 Å². The highest BCUT2D eigenvalue weighted by molar-refractivity contribution is 7.17. The van der Waals surface area contributed by atoms with Gasteiger partial charge in [-0.3, -0.25) is 14.4 Å². The maximum Gasteiger partial charge on any atom is 0.326 e. The standard InChI is InChI=1S/C22H24FN5O2S/c1-14-11-27(13-16-4-7-18(23)8-5-16)22(30)28(14)21-25-15(2)20(31-21)19(29)9-6-17-10-24-26(3)12-17/h4-5,7-8,10,12,14H,6,9,11,13H2,1-3H3/t14-/m0/s1. The molecule has 1 fully saturated rings. The number of amides is 2. The van der Waals surface area contributed by atoms with Crippen LogP contribution in [0.2, 0.25) is 0 Å². The Labute approximate surface area is 184 Å². The molecule has 2 aromatic heterocycles. The molecule has 2 amide bonds. The van der Waals surface area contributed by atoms with Crippen molar-refractivity contribution in [2.75, 3.05) is 11.4 Å². The Balaban J connectivity index is 1.45. The molecule has 0 saturated carbocycles. The average Bonchev–Trinajstić information content (AvgIpc) is 3.39. The largest absolute Gasteiger partial charge is 0.326 e. The Morgan fingerprint density at radius 3 is 2.68 bits per heavy atom. The number of hydrogen-bond acceptors (Lipinski definition) is 5. The van der Waals surface area contributed by atoms with Crippen LogP contribution in [-0.2, 0) is 20.0 Å². The number of urea groups is 1. The van der Waals surface area contributed by atoms with Gasteiger partial charge in [0.15, 0.2) is 10.9 Å². The molecule has 0 spiro atoms. The zero-order chi connectivity index (χ0) is 22.1. The molecular weight excluding hydrogens is 417 g/mol. The summed E-state index contributed by atoms with van der Waals surface area (Å²) in [4.78, 5) is 34.3. The van der Waals surface area contributed by atoms with Gasteiger partial charge >= 0.3 is 6.03 Å². The number of Topliss-reactive ketones (excluding diaryl/α,β-unsaturated/α-hetero) is 1. The molecule has 4 rings (SSSR count). The van der Waals surface area contributed by atoms with Gasteiger partial charge in [-0.15, -0.1) is 0 Å². The number of rotatable bonds is 7. The molecule has 0 aliphatic carbocycles. The molecule has 31 heavy (non-hydrogen) atoms. The number of aryl methyl sites for hydroxylation is 3. The van der Waals surface area contributed by atoms with Gasteiger partial charge in [-0.25, -0.2) is 14.2 Å². The van der Waals surface area contributed by atoms with Crippen molar-refractivity contribution in [1.29, 1.82) is 0 Å². The molecule has 1 atom stereocenters. The molecule has 3 heterocycles. The van der Waals surface area contributed by atoms with Gasteiger partial charge in [0.05, 0.1) is 22.8 Å². The number of carbonyl (C=O) groups excluding carboxylic acids is 2. The quantitative estimate of drug-likeness (QED) is 0.520. The summed E-state index contributed by atoms with van der Waals surface area (Å²) in [6.07, 6.45) is 4.65. The fraction of sp³-hybridized carbons (Fsp3) is 0.364. The van der Waals surface area contributed by atoms with Gasteiger partial charge in [0.25, 0.3) is 0 Å². The minimum Gasteiger partial charge on any atom is -0.318 e. The van der Waals surface area contributed by atoms with Crippen LogP contribution in [0.3, 0.4) is 0 Å². The molecule has 162 valence electrons. The van der Waals surface area contributed by atoms with Crippen molar-refractivity contribution in [1.82, 2.24) is 19.7 Å². The van der Waals surface area contributed by atoms with Gasteiger partial charge in [-0.05, 0) is 43.5 Å². The number of anilines is 1. The van der Waals surface area contributed by atoms with Crippen molar-refractivity contribution in [2.24, 2.45) is 7.05 Å². The summed E-state index contributed by atoms with van der Waals surface area (Å²) < 4.78 is 14.9. The van der Waals surface area contributed by atoms with Crippen molar-refractivity contribution in [3.05, 3.63) is 64.2 Å². The predicted molar refractivity (Wildman–Crippen MR) is 117 cm³/mol. The number of carbonyl (C=O) groups is 2. The van der Waals surface area contributed by atoms with Crippen molar-refractivity contribution >= 4 is 28.3 Å². The highest BCUT2D eigenvalue weighted by Gasteiger charge is 2.37. The van der Waals surface area contributed by atoms with Crippen molar-refractivity contribution in [3.8, 4) is 0 Å². The van der Waals surface area contributed by atoms with E-state index in [0.29, 0.717) is 41.6 Å². The zero-order valence-electron chi connectivity index (χ0n) is 17.7. The maximum atomic E-state index is 13.2. The third kappa shape index (κ3) is 4.51. The van der Waals surface area contributed by atoms with Crippen molar-refractivity contribution in [3.63, 3.8) is 0 Å². The summed E-state index contributed by atoms with van der Waals surface area (Å²) >= 11 is 1.27. The third-order valence-corrected chi connectivity index (χ3v) is 6.53. The molecule has 0 unspecified atom stereocenters. The van der Waals surface area contributed by atoms with Gasteiger partial charge in [-0.2, -0.15) is 5.10 Å². The number of thiazole rings is 1. The number of aromatic nitrogens is 3. The minimum atomic E-state index is -0.300. The SMILES string of the molecule is Cc1nc(N2C(=O)N(Cc3ccc(F)cc3)C[C@@H]2C)sc1C(=O)CCc1cnn(C)c1. The van der Waals surface area contributed by atoms with E-state index in [-0.39, 0.29) is 23.7 Å². The minimum absolute atomic E-state index is 0.0209. The van der Waals surface area contributed by atoms with Crippen LogP contribution >= 0.6 is 11.3 Å². The molecule has 1 aliphatic heterocycles. The topological polar surface area (TPSA) is 71.3 Å². The Bertz CT molecular complexity index is 1110. The zero-order valence-corrected chi connectivity index (χ0v) is 18.5. The van der Waals surface area contributed by atoms with Gasteiger partial charge in [0.1, 0.15) is 5.82 Å². The molecule has 7 nitrogen and oxygen atoms in total. The number of nitrogens with zero attached hydrogens (tertiary/aromatic N) is 5. The van der Waals surface area contributed by atoms with Crippen LogP contribution in [-0.4, -0.2) is 44.1 Å². The van der Waals surface area contributed by atoms with Crippen molar-refractivity contribution < 1.29 is 14.0 Å². The van der Waals surface area contributed by atoms with Crippen LogP contribution in [0, 0.1) is 12.7 Å². The predicted octanol–water partition coefficient (Wildman–Crippen LogP) is 3.97. The lowest BCUT2D eigenvalue weighted by atomic mass is 10.1. The van der Waals surface area contributed by atoms with E-state index in [1.54, 1.807) is 39.7 Å². The Kier molecular flexibility index (Phi) is 5.86. The van der Waals surface area contributed by atoms with Gasteiger partial charge < -0.3 is 4.90 Å². The molecule has 0 bridgehead atoms. The first-order chi connectivity index (χ1) is 14.8. The van der Waals surface area contributed by atoms with Gasteiger partial charge in [-0.1, -0.05) is 23.5 Å². The summed E-state index contributed by atoms with van der Waals surface area (Å²) in [5, 5.41) is 4.67. The molecule has 0 radical (unpaired) electrons. The van der Waals surface area contributed by atoms with E-state index < -0.39 is 0 Å². The summed E-state index contributed by atoms with van der Waals surface area (Å²) in [5.74, 6) is -0.280. The van der Waals surface area contributed by atoms with Crippen LogP contribution in [0.5, 0.6) is 0 Å². The molecule has 1 aromatic carbocycles. The number of benzene rings is 1. The molecule has 1 saturated heterocycles. The summed E-state index contributed by atoms with van der Waals surface area (Å²) in [6.45, 7) is 4.71. The lowest BCUT2D eigenvalue weighted by Gasteiger charge is -2.17. The second kappa shape index (κ2) is 8.58. The molecule has 1 aliphatic rings. The van der Waals surface area contributed by atoms with Gasteiger partial charge in [0, 0.05) is 32.8 Å². The number of halogens is 1. The lowest BCUT2D eigenvalue weighted by molar-refractivity contribution is 0.0986. The van der Waals surface area contributed by atoms with E-state index in [1.165, 1.54) is 23.5 Å². The van der Waals surface area contributed by atoms with Crippen LogP contribution in [0.15, 0.2) is 36.7 Å². The second-order valence-corrected chi connectivity index (χ2v) is 8.84. The highest BCUT2D eigenvalue weighted by atomic mass is 32.1. The lowest BCUT2D eigenvalue weighted by Crippen LogP contribution is -2.33. The average molecular weight is 442 g/mol.